The van der Waals surface area contributed by atoms with Gasteiger partial charge in [-0.2, -0.15) is 0 Å². The molecule has 2 aromatic rings. The smallest absolute Gasteiger partial charge is 0.0877 e. The van der Waals surface area contributed by atoms with E-state index in [-0.39, 0.29) is 18.1 Å². The molecule has 152 valence electrons. The number of hydrogen-bond acceptors (Lipinski definition) is 3. The van der Waals surface area contributed by atoms with Crippen LogP contribution in [0.1, 0.15) is 49.4 Å². The quantitative estimate of drug-likeness (QED) is 0.569. The average Bonchev–Trinajstić information content (AvgIpc) is 2.72. The molecular weight excluding hydrogens is 358 g/mol. The van der Waals surface area contributed by atoms with E-state index in [4.69, 9.17) is 4.74 Å². The Bertz CT molecular complexity index is 894. The summed E-state index contributed by atoms with van der Waals surface area (Å²) in [4.78, 5) is 2.27. The van der Waals surface area contributed by atoms with Gasteiger partial charge in [0, 0.05) is 19.2 Å². The Morgan fingerprint density at radius 1 is 1.10 bits per heavy atom. The van der Waals surface area contributed by atoms with Gasteiger partial charge >= 0.3 is 0 Å². The van der Waals surface area contributed by atoms with Crippen molar-refractivity contribution in [3.63, 3.8) is 0 Å². The zero-order chi connectivity index (χ0) is 20.8. The van der Waals surface area contributed by atoms with Gasteiger partial charge in [0.1, 0.15) is 0 Å². The van der Waals surface area contributed by atoms with Gasteiger partial charge in [-0.1, -0.05) is 73.7 Å². The summed E-state index contributed by atoms with van der Waals surface area (Å²) >= 11 is 0. The second-order valence-corrected chi connectivity index (χ2v) is 7.80. The lowest BCUT2D eigenvalue weighted by Crippen LogP contribution is -2.22. The molecule has 3 rings (SSSR count). The number of ether oxygens (including phenoxy) is 1. The topological polar surface area (TPSA) is 32.7 Å². The van der Waals surface area contributed by atoms with Gasteiger partial charge in [0.05, 0.1) is 24.5 Å². The Kier molecular flexibility index (Phi) is 6.95. The van der Waals surface area contributed by atoms with E-state index in [1.165, 1.54) is 22.3 Å². The Balaban J connectivity index is 1.76. The van der Waals surface area contributed by atoms with Crippen LogP contribution in [0.25, 0.3) is 5.57 Å². The Morgan fingerprint density at radius 3 is 2.48 bits per heavy atom. The Hall–Kier alpha value is -2.78. The summed E-state index contributed by atoms with van der Waals surface area (Å²) in [5.41, 5.74) is 5.04. The number of aliphatic hydroxyl groups excluding tert-OH is 1. The van der Waals surface area contributed by atoms with Crippen molar-refractivity contribution in [1.82, 2.24) is 4.90 Å². The van der Waals surface area contributed by atoms with Crippen molar-refractivity contribution in [2.24, 2.45) is 0 Å². The second-order valence-electron chi connectivity index (χ2n) is 7.80. The van der Waals surface area contributed by atoms with Gasteiger partial charge in [0.2, 0.25) is 0 Å². The third-order valence-corrected chi connectivity index (χ3v) is 5.28. The van der Waals surface area contributed by atoms with Crippen LogP contribution in [0.4, 0.5) is 0 Å². The van der Waals surface area contributed by atoms with Crippen LogP contribution in [0.5, 0.6) is 0 Å². The van der Waals surface area contributed by atoms with Gasteiger partial charge in [-0.15, -0.1) is 0 Å². The van der Waals surface area contributed by atoms with E-state index in [2.05, 4.69) is 85.8 Å². The molecule has 0 saturated carbocycles. The minimum Gasteiger partial charge on any atom is -0.513 e. The predicted octanol–water partition coefficient (Wildman–Crippen LogP) is 6.24. The van der Waals surface area contributed by atoms with Crippen LogP contribution in [-0.4, -0.2) is 29.8 Å². The largest absolute Gasteiger partial charge is 0.513 e. The molecular formula is C26H31NO2. The first-order valence-corrected chi connectivity index (χ1v) is 10.2. The summed E-state index contributed by atoms with van der Waals surface area (Å²) in [6, 6.07) is 19.3. The monoisotopic (exact) mass is 389 g/mol. The van der Waals surface area contributed by atoms with Crippen LogP contribution < -0.4 is 0 Å². The van der Waals surface area contributed by atoms with Gasteiger partial charge in [-0.3, -0.25) is 0 Å². The summed E-state index contributed by atoms with van der Waals surface area (Å²) in [6.45, 7) is 6.42. The molecule has 3 heteroatoms. The van der Waals surface area contributed by atoms with Crippen LogP contribution in [-0.2, 0) is 4.74 Å². The van der Waals surface area contributed by atoms with Crippen LogP contribution >= 0.6 is 0 Å². The number of rotatable bonds is 7. The van der Waals surface area contributed by atoms with Crippen LogP contribution in [0.2, 0.25) is 0 Å². The zero-order valence-electron chi connectivity index (χ0n) is 17.7. The maximum atomic E-state index is 9.41. The fraction of sp³-hybridized carbons (Fsp3) is 0.308. The summed E-state index contributed by atoms with van der Waals surface area (Å²) in [5.74, 6) is 0.544. The van der Waals surface area contributed by atoms with E-state index in [9.17, 15) is 5.11 Å². The molecule has 0 fully saturated rings. The van der Waals surface area contributed by atoms with E-state index in [0.29, 0.717) is 12.4 Å². The molecule has 1 aliphatic heterocycles. The highest BCUT2D eigenvalue weighted by atomic mass is 16.5. The highest BCUT2D eigenvalue weighted by Gasteiger charge is 2.21. The van der Waals surface area contributed by atoms with Gasteiger partial charge in [-0.05, 0) is 42.2 Å². The first kappa shape index (κ1) is 20.9. The molecule has 0 aromatic heterocycles. The minimum atomic E-state index is -0.108. The predicted molar refractivity (Wildman–Crippen MR) is 121 cm³/mol. The van der Waals surface area contributed by atoms with Gasteiger partial charge in [0.15, 0.2) is 0 Å². The standard InChI is InChI=1S/C26H31NO2/c1-19(18-29-21(3)16-20(2)28)24-12-8-9-13-25(24)26-15-14-23(17-27(26)4)22-10-6-5-7-11-22/h5-17,19,21,26,28H,18H2,1-4H3/b20-16-/t19-,21?,26?/m1/s1. The number of allylic oxidation sites excluding steroid dienone is 3. The lowest BCUT2D eigenvalue weighted by molar-refractivity contribution is 0.0856. The maximum absolute atomic E-state index is 9.41. The van der Waals surface area contributed by atoms with Crippen LogP contribution in [0, 0.1) is 0 Å². The maximum Gasteiger partial charge on any atom is 0.0877 e. The third-order valence-electron chi connectivity index (χ3n) is 5.28. The van der Waals surface area contributed by atoms with Crippen molar-refractivity contribution in [1.29, 1.82) is 0 Å². The molecule has 3 nitrogen and oxygen atoms in total. The highest BCUT2D eigenvalue weighted by Crippen LogP contribution is 2.34. The molecule has 2 unspecified atom stereocenters. The fourth-order valence-corrected chi connectivity index (χ4v) is 3.80. The van der Waals surface area contributed by atoms with Crippen molar-refractivity contribution in [3.05, 3.63) is 101 Å². The van der Waals surface area contributed by atoms with Gasteiger partial charge in [0.25, 0.3) is 0 Å². The molecule has 2 aromatic carbocycles. The summed E-state index contributed by atoms with van der Waals surface area (Å²) < 4.78 is 5.93. The third kappa shape index (κ3) is 5.39. The second kappa shape index (κ2) is 9.62. The lowest BCUT2D eigenvalue weighted by atomic mass is 9.89. The SMILES string of the molecule is C/C(O)=C/C(C)OC[C@@H](C)c1ccccc1C1C=CC(c2ccccc2)=CN1C. The van der Waals surface area contributed by atoms with E-state index < -0.39 is 0 Å². The number of benzene rings is 2. The molecule has 1 aliphatic rings. The first-order chi connectivity index (χ1) is 14.0. The summed E-state index contributed by atoms with van der Waals surface area (Å²) in [6.07, 6.45) is 8.33. The van der Waals surface area contributed by atoms with E-state index >= 15 is 0 Å². The molecule has 0 amide bonds. The molecule has 0 aliphatic carbocycles. The van der Waals surface area contributed by atoms with Crippen molar-refractivity contribution in [3.8, 4) is 0 Å². The molecule has 1 N–H and O–H groups in total. The summed E-state index contributed by atoms with van der Waals surface area (Å²) in [5, 5.41) is 9.41. The molecule has 1 heterocycles. The summed E-state index contributed by atoms with van der Waals surface area (Å²) in [7, 11) is 2.13. The minimum absolute atomic E-state index is 0.108. The first-order valence-electron chi connectivity index (χ1n) is 10.2. The Morgan fingerprint density at radius 2 is 1.79 bits per heavy atom. The van der Waals surface area contributed by atoms with Crippen molar-refractivity contribution >= 4 is 5.57 Å². The van der Waals surface area contributed by atoms with E-state index in [1.807, 2.05) is 13.0 Å². The van der Waals surface area contributed by atoms with Crippen molar-refractivity contribution in [2.75, 3.05) is 13.7 Å². The van der Waals surface area contributed by atoms with Crippen molar-refractivity contribution in [2.45, 2.75) is 38.8 Å². The number of aliphatic hydroxyl groups is 1. The molecule has 0 spiro atoms. The normalized spacial score (nSPS) is 19.0. The number of hydrogen-bond donors (Lipinski definition) is 1. The molecule has 29 heavy (non-hydrogen) atoms. The average molecular weight is 390 g/mol. The van der Waals surface area contributed by atoms with Crippen molar-refractivity contribution < 1.29 is 9.84 Å². The van der Waals surface area contributed by atoms with Crippen LogP contribution in [0.15, 0.2) is 84.8 Å². The highest BCUT2D eigenvalue weighted by molar-refractivity contribution is 5.74. The Labute approximate surface area is 174 Å². The van der Waals surface area contributed by atoms with E-state index in [0.717, 1.165) is 0 Å². The number of likely N-dealkylation sites (N-methyl/N-ethyl adjacent to an activating group) is 1. The van der Waals surface area contributed by atoms with E-state index in [1.54, 1.807) is 13.0 Å². The number of nitrogens with zero attached hydrogens (tertiary/aromatic N) is 1. The molecule has 3 atom stereocenters. The van der Waals surface area contributed by atoms with Crippen LogP contribution in [0.3, 0.4) is 0 Å². The fourth-order valence-electron chi connectivity index (χ4n) is 3.80. The molecule has 0 radical (unpaired) electrons. The van der Waals surface area contributed by atoms with Gasteiger partial charge in [-0.25, -0.2) is 0 Å². The molecule has 0 saturated heterocycles. The van der Waals surface area contributed by atoms with Gasteiger partial charge < -0.3 is 14.7 Å². The zero-order valence-corrected chi connectivity index (χ0v) is 17.7. The lowest BCUT2D eigenvalue weighted by Gasteiger charge is -2.31. The molecule has 0 bridgehead atoms.